The van der Waals surface area contributed by atoms with E-state index in [1.165, 1.54) is 4.90 Å². The third-order valence-corrected chi connectivity index (χ3v) is 4.47. The lowest BCUT2D eigenvalue weighted by atomic mass is 9.76. The molecule has 0 unspecified atom stereocenters. The van der Waals surface area contributed by atoms with Crippen molar-refractivity contribution < 1.29 is 34.4 Å². The summed E-state index contributed by atoms with van der Waals surface area (Å²) in [5.41, 5.74) is -3.26. The molecule has 0 aliphatic carbocycles. The Hall–Kier alpha value is -1.38. The molecule has 1 aliphatic rings. The number of aliphatic hydroxyl groups is 3. The van der Waals surface area contributed by atoms with E-state index in [-0.39, 0.29) is 19.1 Å². The zero-order chi connectivity index (χ0) is 19.6. The Morgan fingerprint density at radius 3 is 2.28 bits per heavy atom. The fourth-order valence-corrected chi connectivity index (χ4v) is 2.96. The zero-order valence-electron chi connectivity index (χ0n) is 15.9. The van der Waals surface area contributed by atoms with E-state index in [0.29, 0.717) is 6.42 Å². The first-order valence-electron chi connectivity index (χ1n) is 8.65. The highest BCUT2D eigenvalue weighted by Crippen LogP contribution is 2.34. The number of ether oxygens (including phenoxy) is 2. The predicted octanol–water partition coefficient (Wildman–Crippen LogP) is 0.668. The molecule has 1 heterocycles. The number of piperidine rings is 1. The highest BCUT2D eigenvalue weighted by molar-refractivity contribution is 5.82. The summed E-state index contributed by atoms with van der Waals surface area (Å²) < 4.78 is 10.2. The molecule has 5 atom stereocenters. The maximum Gasteiger partial charge on any atom is 0.410 e. The van der Waals surface area contributed by atoms with Crippen LogP contribution in [0.5, 0.6) is 0 Å². The summed E-state index contributed by atoms with van der Waals surface area (Å²) >= 11 is 0. The number of likely N-dealkylation sites (tertiary alicyclic amines) is 1. The van der Waals surface area contributed by atoms with Crippen molar-refractivity contribution in [3.63, 3.8) is 0 Å². The summed E-state index contributed by atoms with van der Waals surface area (Å²) in [7, 11) is 0. The molecule has 3 N–H and O–H groups in total. The fraction of sp³-hybridized carbons (Fsp3) is 0.882. The lowest BCUT2D eigenvalue weighted by Gasteiger charge is -2.50. The van der Waals surface area contributed by atoms with Crippen LogP contribution in [0.15, 0.2) is 0 Å². The summed E-state index contributed by atoms with van der Waals surface area (Å²) in [6.45, 7) is 9.95. The number of amides is 1. The van der Waals surface area contributed by atoms with Crippen LogP contribution in [-0.4, -0.2) is 74.9 Å². The number of esters is 1. The highest BCUT2D eigenvalue weighted by Gasteiger charge is 2.60. The van der Waals surface area contributed by atoms with Crippen LogP contribution in [0.4, 0.5) is 4.79 Å². The minimum absolute atomic E-state index is 0.00956. The predicted molar refractivity (Wildman–Crippen MR) is 89.8 cm³/mol. The largest absolute Gasteiger partial charge is 0.464 e. The maximum absolute atomic E-state index is 12.5. The van der Waals surface area contributed by atoms with Crippen molar-refractivity contribution in [3.8, 4) is 0 Å². The Morgan fingerprint density at radius 2 is 1.84 bits per heavy atom. The standard InChI is InChI=1S/C17H31NO7/c1-7-10(3)12-13(20)17(23,14(21)24-8-2)11(19)9-18(12)15(22)25-16(4,5)6/h10-13,19-20,23H,7-9H2,1-6H3/t10-,11-,12+,13-,17-/m1/s1. The molecule has 1 rings (SSSR count). The van der Waals surface area contributed by atoms with Gasteiger partial charge in [0.15, 0.2) is 0 Å². The summed E-state index contributed by atoms with van der Waals surface area (Å²) in [4.78, 5) is 25.9. The molecule has 1 fully saturated rings. The normalized spacial score (nSPS) is 31.4. The first kappa shape index (κ1) is 21.7. The van der Waals surface area contributed by atoms with Gasteiger partial charge in [-0.2, -0.15) is 0 Å². The van der Waals surface area contributed by atoms with Crippen LogP contribution in [0, 0.1) is 5.92 Å². The van der Waals surface area contributed by atoms with Gasteiger partial charge in [-0.3, -0.25) is 4.90 Å². The summed E-state index contributed by atoms with van der Waals surface area (Å²) in [6.07, 6.45) is -3.55. The number of rotatable bonds is 4. The zero-order valence-corrected chi connectivity index (χ0v) is 15.9. The lowest BCUT2D eigenvalue weighted by molar-refractivity contribution is -0.225. The Bertz CT molecular complexity index is 490. The van der Waals surface area contributed by atoms with E-state index >= 15 is 0 Å². The van der Waals surface area contributed by atoms with Crippen LogP contribution >= 0.6 is 0 Å². The summed E-state index contributed by atoms with van der Waals surface area (Å²) in [5, 5.41) is 31.7. The number of nitrogens with zero attached hydrogens (tertiary/aromatic N) is 1. The third kappa shape index (κ3) is 4.43. The van der Waals surface area contributed by atoms with E-state index in [0.717, 1.165) is 0 Å². The molecule has 1 saturated heterocycles. The monoisotopic (exact) mass is 361 g/mol. The number of aliphatic hydroxyl groups excluding tert-OH is 2. The van der Waals surface area contributed by atoms with E-state index in [1.54, 1.807) is 34.6 Å². The Morgan fingerprint density at radius 1 is 1.28 bits per heavy atom. The van der Waals surface area contributed by atoms with Crippen LogP contribution in [0.3, 0.4) is 0 Å². The number of carbonyl (C=O) groups is 2. The van der Waals surface area contributed by atoms with E-state index < -0.39 is 41.5 Å². The van der Waals surface area contributed by atoms with Crippen molar-refractivity contribution >= 4 is 12.1 Å². The van der Waals surface area contributed by atoms with Crippen molar-refractivity contribution in [1.29, 1.82) is 0 Å². The summed E-state index contributed by atoms with van der Waals surface area (Å²) in [6, 6.07) is -0.905. The van der Waals surface area contributed by atoms with E-state index in [9.17, 15) is 24.9 Å². The van der Waals surface area contributed by atoms with Gasteiger partial charge >= 0.3 is 12.1 Å². The van der Waals surface area contributed by atoms with Gasteiger partial charge in [-0.15, -0.1) is 0 Å². The molecule has 0 bridgehead atoms. The van der Waals surface area contributed by atoms with E-state index in [1.807, 2.05) is 6.92 Å². The van der Waals surface area contributed by atoms with Gasteiger partial charge in [0.2, 0.25) is 5.60 Å². The molecule has 1 aliphatic heterocycles. The molecule has 0 aromatic heterocycles. The van der Waals surface area contributed by atoms with Crippen LogP contribution in [0.1, 0.15) is 48.0 Å². The molecule has 0 aromatic rings. The molecule has 0 radical (unpaired) electrons. The second-order valence-electron chi connectivity index (χ2n) is 7.52. The third-order valence-electron chi connectivity index (χ3n) is 4.47. The molecule has 0 spiro atoms. The van der Waals surface area contributed by atoms with Crippen LogP contribution in [-0.2, 0) is 14.3 Å². The summed E-state index contributed by atoms with van der Waals surface area (Å²) in [5.74, 6) is -1.36. The molecule has 8 nitrogen and oxygen atoms in total. The second kappa shape index (κ2) is 7.88. The van der Waals surface area contributed by atoms with Gasteiger partial charge < -0.3 is 24.8 Å². The van der Waals surface area contributed by atoms with Crippen molar-refractivity contribution in [2.45, 2.75) is 77.4 Å². The van der Waals surface area contributed by atoms with Crippen molar-refractivity contribution in [3.05, 3.63) is 0 Å². The maximum atomic E-state index is 12.5. The van der Waals surface area contributed by atoms with Crippen LogP contribution in [0.25, 0.3) is 0 Å². The lowest BCUT2D eigenvalue weighted by Crippen LogP contribution is -2.74. The fourth-order valence-electron chi connectivity index (χ4n) is 2.96. The molecule has 0 saturated carbocycles. The first-order valence-corrected chi connectivity index (χ1v) is 8.65. The Balaban J connectivity index is 3.23. The Labute approximate surface area is 148 Å². The van der Waals surface area contributed by atoms with Gasteiger partial charge in [0.25, 0.3) is 0 Å². The number of carbonyl (C=O) groups excluding carboxylic acids is 2. The average Bonchev–Trinajstić information content (AvgIpc) is 2.49. The Kier molecular flexibility index (Phi) is 6.83. The van der Waals surface area contributed by atoms with Crippen LogP contribution in [0.2, 0.25) is 0 Å². The SMILES string of the molecule is CCOC(=O)[C@@]1(O)[C@H](O)CN(C(=O)OC(C)(C)C)[C@@H]([C@H](C)CC)[C@H]1O. The van der Waals surface area contributed by atoms with Gasteiger partial charge in [0.05, 0.1) is 19.2 Å². The van der Waals surface area contributed by atoms with Gasteiger partial charge in [0, 0.05) is 0 Å². The van der Waals surface area contributed by atoms with E-state index in [4.69, 9.17) is 9.47 Å². The van der Waals surface area contributed by atoms with E-state index in [2.05, 4.69) is 0 Å². The smallest absolute Gasteiger partial charge is 0.410 e. The first-order chi connectivity index (χ1) is 11.4. The number of hydrogen-bond acceptors (Lipinski definition) is 7. The minimum atomic E-state index is -2.50. The van der Waals surface area contributed by atoms with Gasteiger partial charge in [-0.05, 0) is 33.6 Å². The second-order valence-corrected chi connectivity index (χ2v) is 7.52. The van der Waals surface area contributed by atoms with Crippen molar-refractivity contribution in [2.24, 2.45) is 5.92 Å². The molecule has 0 aromatic carbocycles. The molecular formula is C17H31NO7. The molecule has 8 heteroatoms. The van der Waals surface area contributed by atoms with Gasteiger partial charge in [0.1, 0.15) is 17.8 Å². The average molecular weight is 361 g/mol. The van der Waals surface area contributed by atoms with Crippen LogP contribution < -0.4 is 0 Å². The molecule has 25 heavy (non-hydrogen) atoms. The number of hydrogen-bond donors (Lipinski definition) is 3. The number of β-amino-alcohol motifs (C(OH)–C–C–N with tert-alkyl or cyclic N) is 1. The van der Waals surface area contributed by atoms with Crippen molar-refractivity contribution in [1.82, 2.24) is 4.90 Å². The molecular weight excluding hydrogens is 330 g/mol. The molecule has 1 amide bonds. The quantitative estimate of drug-likeness (QED) is 0.630. The van der Waals surface area contributed by atoms with Gasteiger partial charge in [-0.25, -0.2) is 9.59 Å². The minimum Gasteiger partial charge on any atom is -0.464 e. The topological polar surface area (TPSA) is 117 Å². The van der Waals surface area contributed by atoms with Gasteiger partial charge in [-0.1, -0.05) is 20.3 Å². The van der Waals surface area contributed by atoms with Crippen molar-refractivity contribution in [2.75, 3.05) is 13.2 Å². The highest BCUT2D eigenvalue weighted by atomic mass is 16.6. The molecule has 146 valence electrons.